The maximum Gasteiger partial charge on any atom is 0.253 e. The third-order valence-corrected chi connectivity index (χ3v) is 7.49. The largest absolute Gasteiger partial charge is 0.381 e. The Kier molecular flexibility index (Phi) is 6.83. The normalized spacial score (nSPS) is 29.9. The van der Waals surface area contributed by atoms with Crippen LogP contribution in [0.2, 0.25) is 5.02 Å². The molecule has 5 rings (SSSR count). The quantitative estimate of drug-likeness (QED) is 0.546. The van der Waals surface area contributed by atoms with Crippen LogP contribution in [0.3, 0.4) is 0 Å². The van der Waals surface area contributed by atoms with Gasteiger partial charge in [0.15, 0.2) is 0 Å². The van der Waals surface area contributed by atoms with Crippen molar-refractivity contribution in [2.24, 2.45) is 17.8 Å². The van der Waals surface area contributed by atoms with Gasteiger partial charge in [0.25, 0.3) is 5.91 Å². The van der Waals surface area contributed by atoms with E-state index < -0.39 is 0 Å². The minimum Gasteiger partial charge on any atom is -0.381 e. The SMILES string of the molecule is CNCCCOCCCc1ccc(Cl)c(C(=O)NC23CC4CC(CC(C4)C2)C3)c1. The highest BCUT2D eigenvalue weighted by molar-refractivity contribution is 6.33. The van der Waals surface area contributed by atoms with Crippen molar-refractivity contribution < 1.29 is 9.53 Å². The second-order valence-electron chi connectivity index (χ2n) is 9.64. The van der Waals surface area contributed by atoms with Crippen LogP contribution in [-0.4, -0.2) is 38.3 Å². The van der Waals surface area contributed by atoms with Crippen molar-refractivity contribution in [2.75, 3.05) is 26.8 Å². The van der Waals surface area contributed by atoms with Gasteiger partial charge in [-0.3, -0.25) is 4.79 Å². The minimum atomic E-state index is 0.0158. The summed E-state index contributed by atoms with van der Waals surface area (Å²) in [5.41, 5.74) is 1.81. The molecule has 0 aromatic heterocycles. The standard InChI is InChI=1S/C24H35ClN2O2/c1-26-7-3-9-29-8-2-4-17-5-6-22(25)21(13-17)23(28)27-24-14-18-10-19(15-24)12-20(11-18)16-24/h5-6,13,18-20,26H,2-4,7-12,14-16H2,1H3,(H,27,28). The average molecular weight is 419 g/mol. The van der Waals surface area contributed by atoms with Crippen molar-refractivity contribution in [1.29, 1.82) is 0 Å². The van der Waals surface area contributed by atoms with Crippen LogP contribution < -0.4 is 10.6 Å². The van der Waals surface area contributed by atoms with Gasteiger partial charge in [-0.15, -0.1) is 0 Å². The maximum absolute atomic E-state index is 13.2. The van der Waals surface area contributed by atoms with E-state index >= 15 is 0 Å². The molecule has 1 aromatic rings. The Hall–Kier alpha value is -1.10. The predicted octanol–water partition coefficient (Wildman–Crippen LogP) is 4.60. The molecule has 2 N–H and O–H groups in total. The molecular formula is C24H35ClN2O2. The lowest BCUT2D eigenvalue weighted by molar-refractivity contribution is -0.0167. The summed E-state index contributed by atoms with van der Waals surface area (Å²) in [6.07, 6.45) is 10.5. The molecule has 0 heterocycles. The zero-order valence-electron chi connectivity index (χ0n) is 17.6. The molecule has 5 heteroatoms. The molecule has 0 spiro atoms. The van der Waals surface area contributed by atoms with Crippen LogP contribution in [-0.2, 0) is 11.2 Å². The van der Waals surface area contributed by atoms with Crippen molar-refractivity contribution in [3.05, 3.63) is 34.3 Å². The molecule has 4 fully saturated rings. The van der Waals surface area contributed by atoms with Gasteiger partial charge in [-0.1, -0.05) is 17.7 Å². The highest BCUT2D eigenvalue weighted by Crippen LogP contribution is 2.55. The summed E-state index contributed by atoms with van der Waals surface area (Å²) >= 11 is 6.42. The zero-order valence-corrected chi connectivity index (χ0v) is 18.4. The molecule has 4 aliphatic carbocycles. The number of carbonyl (C=O) groups excluding carboxylic acids is 1. The molecule has 1 amide bonds. The lowest BCUT2D eigenvalue weighted by Gasteiger charge is -2.56. The number of hydrogen-bond donors (Lipinski definition) is 2. The highest BCUT2D eigenvalue weighted by atomic mass is 35.5. The third kappa shape index (κ3) is 5.15. The predicted molar refractivity (Wildman–Crippen MR) is 118 cm³/mol. The Labute approximate surface area is 180 Å². The maximum atomic E-state index is 13.2. The Balaban J connectivity index is 1.32. The summed E-state index contributed by atoms with van der Waals surface area (Å²) in [7, 11) is 1.96. The molecule has 29 heavy (non-hydrogen) atoms. The number of carbonyl (C=O) groups is 1. The number of hydrogen-bond acceptors (Lipinski definition) is 3. The van der Waals surface area contributed by atoms with Crippen molar-refractivity contribution >= 4 is 17.5 Å². The van der Waals surface area contributed by atoms with Crippen LogP contribution >= 0.6 is 11.6 Å². The average Bonchev–Trinajstić information content (AvgIpc) is 2.67. The topological polar surface area (TPSA) is 50.4 Å². The van der Waals surface area contributed by atoms with Crippen molar-refractivity contribution in [3.63, 3.8) is 0 Å². The highest BCUT2D eigenvalue weighted by Gasteiger charge is 2.51. The van der Waals surface area contributed by atoms with Gasteiger partial charge in [-0.2, -0.15) is 0 Å². The molecule has 4 nitrogen and oxygen atoms in total. The summed E-state index contributed by atoms with van der Waals surface area (Å²) in [4.78, 5) is 13.2. The zero-order chi connectivity index (χ0) is 20.3. The summed E-state index contributed by atoms with van der Waals surface area (Å²) in [5.74, 6) is 2.46. The van der Waals surface area contributed by atoms with Gasteiger partial charge >= 0.3 is 0 Å². The molecule has 0 saturated heterocycles. The van der Waals surface area contributed by atoms with Crippen LogP contribution in [0.25, 0.3) is 0 Å². The van der Waals surface area contributed by atoms with Gasteiger partial charge in [-0.05, 0) is 107 Å². The van der Waals surface area contributed by atoms with Gasteiger partial charge in [0.1, 0.15) is 0 Å². The third-order valence-electron chi connectivity index (χ3n) is 7.16. The van der Waals surface area contributed by atoms with E-state index in [0.717, 1.165) is 81.6 Å². The van der Waals surface area contributed by atoms with Gasteiger partial charge in [0.2, 0.25) is 0 Å². The molecule has 0 unspecified atom stereocenters. The number of nitrogens with one attached hydrogen (secondary N) is 2. The molecule has 0 aliphatic heterocycles. The fourth-order valence-corrected chi connectivity index (χ4v) is 6.51. The van der Waals surface area contributed by atoms with Crippen molar-refractivity contribution in [3.8, 4) is 0 Å². The van der Waals surface area contributed by atoms with E-state index in [9.17, 15) is 4.79 Å². The van der Waals surface area contributed by atoms with E-state index in [2.05, 4.69) is 10.6 Å². The van der Waals surface area contributed by atoms with Crippen LogP contribution in [0.15, 0.2) is 18.2 Å². The number of halogens is 1. The Morgan fingerprint density at radius 3 is 2.41 bits per heavy atom. The number of ether oxygens (including phenoxy) is 1. The summed E-state index contributed by atoms with van der Waals surface area (Å²) < 4.78 is 5.67. The van der Waals surface area contributed by atoms with Gasteiger partial charge < -0.3 is 15.4 Å². The number of amides is 1. The summed E-state index contributed by atoms with van der Waals surface area (Å²) in [5, 5.41) is 7.13. The first-order chi connectivity index (χ1) is 14.1. The van der Waals surface area contributed by atoms with E-state index in [0.29, 0.717) is 10.6 Å². The van der Waals surface area contributed by atoms with Crippen LogP contribution in [0, 0.1) is 17.8 Å². The number of benzene rings is 1. The van der Waals surface area contributed by atoms with E-state index in [1.807, 2.05) is 25.2 Å². The van der Waals surface area contributed by atoms with Gasteiger partial charge in [-0.25, -0.2) is 0 Å². The van der Waals surface area contributed by atoms with Crippen LogP contribution in [0.1, 0.15) is 67.3 Å². The molecule has 0 radical (unpaired) electrons. The van der Waals surface area contributed by atoms with Gasteiger partial charge in [0, 0.05) is 18.8 Å². The smallest absolute Gasteiger partial charge is 0.253 e. The molecule has 0 atom stereocenters. The molecule has 4 saturated carbocycles. The number of rotatable bonds is 10. The molecule has 160 valence electrons. The summed E-state index contributed by atoms with van der Waals surface area (Å²) in [6.45, 7) is 2.53. The van der Waals surface area contributed by atoms with E-state index in [1.165, 1.54) is 19.3 Å². The second kappa shape index (κ2) is 9.36. The lowest BCUT2D eigenvalue weighted by atomic mass is 9.53. The van der Waals surface area contributed by atoms with Crippen LogP contribution in [0.5, 0.6) is 0 Å². The Morgan fingerprint density at radius 1 is 1.10 bits per heavy atom. The van der Waals surface area contributed by atoms with E-state index in [4.69, 9.17) is 16.3 Å². The fraction of sp³-hybridized carbons (Fsp3) is 0.708. The molecule has 1 aromatic carbocycles. The second-order valence-corrected chi connectivity index (χ2v) is 10.0. The molecule has 4 aliphatic rings. The number of aryl methyl sites for hydroxylation is 1. The van der Waals surface area contributed by atoms with Gasteiger partial charge in [0.05, 0.1) is 10.6 Å². The van der Waals surface area contributed by atoms with Crippen molar-refractivity contribution in [2.45, 2.75) is 63.3 Å². The lowest BCUT2D eigenvalue weighted by Crippen LogP contribution is -2.59. The van der Waals surface area contributed by atoms with E-state index in [1.54, 1.807) is 0 Å². The summed E-state index contributed by atoms with van der Waals surface area (Å²) in [6, 6.07) is 5.89. The first kappa shape index (κ1) is 21.1. The molecule has 4 bridgehead atoms. The minimum absolute atomic E-state index is 0.0158. The monoisotopic (exact) mass is 418 g/mol. The van der Waals surface area contributed by atoms with Crippen molar-refractivity contribution in [1.82, 2.24) is 10.6 Å². The Bertz CT molecular complexity index is 686. The molecular weight excluding hydrogens is 384 g/mol. The van der Waals surface area contributed by atoms with Crippen LogP contribution in [0.4, 0.5) is 0 Å². The first-order valence-electron chi connectivity index (χ1n) is 11.4. The first-order valence-corrected chi connectivity index (χ1v) is 11.8. The fourth-order valence-electron chi connectivity index (χ4n) is 6.31. The van der Waals surface area contributed by atoms with E-state index in [-0.39, 0.29) is 11.4 Å². The Morgan fingerprint density at radius 2 is 1.76 bits per heavy atom.